The van der Waals surface area contributed by atoms with Gasteiger partial charge in [0.15, 0.2) is 15.7 Å². The van der Waals surface area contributed by atoms with E-state index in [0.29, 0.717) is 52.5 Å². The first-order chi connectivity index (χ1) is 18.2. The molecular formula is C26H27FN6O4S. The molecule has 0 amide bonds. The summed E-state index contributed by atoms with van der Waals surface area (Å²) in [5.41, 5.74) is 10.0. The van der Waals surface area contributed by atoms with Gasteiger partial charge in [-0.15, -0.1) is 0 Å². The van der Waals surface area contributed by atoms with Crippen LogP contribution in [-0.2, 0) is 15.6 Å². The largest absolute Gasteiger partial charge is 0.495 e. The van der Waals surface area contributed by atoms with Crippen LogP contribution in [0.15, 0.2) is 36.7 Å². The summed E-state index contributed by atoms with van der Waals surface area (Å²) in [4.78, 5) is 13.2. The van der Waals surface area contributed by atoms with Gasteiger partial charge in [-0.25, -0.2) is 27.8 Å². The molecule has 10 nitrogen and oxygen atoms in total. The highest BCUT2D eigenvalue weighted by atomic mass is 32.2. The van der Waals surface area contributed by atoms with E-state index in [2.05, 4.69) is 25.6 Å². The predicted octanol–water partition coefficient (Wildman–Crippen LogP) is 4.21. The second-order valence-corrected chi connectivity index (χ2v) is 11.2. The molecule has 4 N–H and O–H groups in total. The molecule has 2 aromatic heterocycles. The SMILES string of the molecule is CCS(=O)(=O)Cc1ccc(Nc2ncc3c(N)c(F)c(-c4cnc5c(c4C)NCCO5)cc3n2)c(OC)c1. The van der Waals surface area contributed by atoms with Crippen LogP contribution in [0.3, 0.4) is 0 Å². The van der Waals surface area contributed by atoms with E-state index in [1.807, 2.05) is 6.92 Å². The first kappa shape index (κ1) is 25.5. The molecule has 2 aromatic carbocycles. The van der Waals surface area contributed by atoms with Crippen LogP contribution in [0, 0.1) is 12.7 Å². The highest BCUT2D eigenvalue weighted by Gasteiger charge is 2.21. The number of rotatable bonds is 7. The topological polar surface area (TPSA) is 141 Å². The molecule has 38 heavy (non-hydrogen) atoms. The number of anilines is 4. The van der Waals surface area contributed by atoms with Gasteiger partial charge >= 0.3 is 0 Å². The van der Waals surface area contributed by atoms with Crippen molar-refractivity contribution in [3.63, 3.8) is 0 Å². The van der Waals surface area contributed by atoms with Crippen LogP contribution >= 0.6 is 0 Å². The summed E-state index contributed by atoms with van der Waals surface area (Å²) in [7, 11) is -1.70. The summed E-state index contributed by atoms with van der Waals surface area (Å²) in [6.45, 7) is 4.61. The van der Waals surface area contributed by atoms with Crippen LogP contribution in [0.4, 0.5) is 27.4 Å². The van der Waals surface area contributed by atoms with E-state index in [4.69, 9.17) is 15.2 Å². The van der Waals surface area contributed by atoms with E-state index in [1.54, 1.807) is 37.4 Å². The number of nitrogen functional groups attached to an aromatic ring is 1. The molecule has 1 aliphatic heterocycles. The standard InChI is InChI=1S/C26H27FN6O4S/c1-4-38(34,35)13-15-5-6-19(21(9-15)36-3)32-26-31-12-18-20(33-26)10-16(22(27)23(18)28)17-11-30-25-24(14(17)2)29-7-8-37-25/h5-6,9-12,29H,4,7-8,13,28H2,1-3H3,(H,31,32,33). The lowest BCUT2D eigenvalue weighted by Gasteiger charge is -2.22. The molecule has 3 heterocycles. The number of nitrogens with zero attached hydrogens (tertiary/aromatic N) is 3. The van der Waals surface area contributed by atoms with E-state index in [0.717, 1.165) is 11.3 Å². The fourth-order valence-electron chi connectivity index (χ4n) is 4.33. The van der Waals surface area contributed by atoms with Crippen molar-refractivity contribution in [2.45, 2.75) is 19.6 Å². The minimum atomic E-state index is -3.20. The van der Waals surface area contributed by atoms with E-state index in [-0.39, 0.29) is 28.7 Å². The quantitative estimate of drug-likeness (QED) is 0.293. The van der Waals surface area contributed by atoms with Crippen molar-refractivity contribution in [1.29, 1.82) is 0 Å². The fourth-order valence-corrected chi connectivity index (χ4v) is 5.22. The molecule has 0 atom stereocenters. The maximum Gasteiger partial charge on any atom is 0.237 e. The van der Waals surface area contributed by atoms with Crippen molar-refractivity contribution < 1.29 is 22.3 Å². The van der Waals surface area contributed by atoms with Gasteiger partial charge in [-0.2, -0.15) is 0 Å². The first-order valence-corrected chi connectivity index (χ1v) is 13.8. The minimum Gasteiger partial charge on any atom is -0.495 e. The maximum absolute atomic E-state index is 15.4. The highest BCUT2D eigenvalue weighted by Crippen LogP contribution is 2.39. The molecule has 0 bridgehead atoms. The van der Waals surface area contributed by atoms with Crippen LogP contribution < -0.4 is 25.8 Å². The Morgan fingerprint density at radius 2 is 2.03 bits per heavy atom. The lowest BCUT2D eigenvalue weighted by Crippen LogP contribution is -2.20. The molecule has 0 saturated carbocycles. The normalized spacial score (nSPS) is 12.9. The Balaban J connectivity index is 1.52. The predicted molar refractivity (Wildman–Crippen MR) is 145 cm³/mol. The van der Waals surface area contributed by atoms with Gasteiger partial charge in [-0.05, 0) is 36.2 Å². The molecule has 4 aromatic rings. The van der Waals surface area contributed by atoms with Crippen LogP contribution in [-0.4, -0.2) is 49.4 Å². The Bertz CT molecular complexity index is 1660. The highest BCUT2D eigenvalue weighted by molar-refractivity contribution is 7.90. The Kier molecular flexibility index (Phi) is 6.66. The van der Waals surface area contributed by atoms with E-state index >= 15 is 4.39 Å². The Labute approximate surface area is 219 Å². The fraction of sp³-hybridized carbons (Fsp3) is 0.269. The van der Waals surface area contributed by atoms with E-state index in [1.165, 1.54) is 13.3 Å². The van der Waals surface area contributed by atoms with E-state index < -0.39 is 15.7 Å². The molecule has 0 spiro atoms. The summed E-state index contributed by atoms with van der Waals surface area (Å²) in [6, 6.07) is 6.68. The summed E-state index contributed by atoms with van der Waals surface area (Å²) in [5.74, 6) is 0.533. The summed E-state index contributed by atoms with van der Waals surface area (Å²) >= 11 is 0. The van der Waals surface area contributed by atoms with Crippen LogP contribution in [0.25, 0.3) is 22.0 Å². The van der Waals surface area contributed by atoms with Crippen LogP contribution in [0.5, 0.6) is 11.6 Å². The number of sulfone groups is 1. The van der Waals surface area contributed by atoms with Gasteiger partial charge < -0.3 is 25.8 Å². The number of benzene rings is 2. The second kappa shape index (κ2) is 9.93. The lowest BCUT2D eigenvalue weighted by molar-refractivity contribution is 0.310. The molecule has 12 heteroatoms. The molecule has 198 valence electrons. The summed E-state index contributed by atoms with van der Waals surface area (Å²) in [6.07, 6.45) is 3.02. The third kappa shape index (κ3) is 4.74. The zero-order valence-electron chi connectivity index (χ0n) is 21.1. The van der Waals surface area contributed by atoms with Crippen LogP contribution in [0.1, 0.15) is 18.1 Å². The molecule has 0 saturated heterocycles. The van der Waals surface area contributed by atoms with Gasteiger partial charge in [0.25, 0.3) is 0 Å². The molecule has 5 rings (SSSR count). The van der Waals surface area contributed by atoms with Crippen molar-refractivity contribution in [2.24, 2.45) is 0 Å². The van der Waals surface area contributed by atoms with Gasteiger partial charge in [0, 0.05) is 41.2 Å². The summed E-state index contributed by atoms with van der Waals surface area (Å²) in [5, 5.41) is 6.72. The number of nitrogens with two attached hydrogens (primary N) is 1. The van der Waals surface area contributed by atoms with Gasteiger partial charge in [0.2, 0.25) is 11.8 Å². The number of nitrogens with one attached hydrogen (secondary N) is 2. The number of methoxy groups -OCH3 is 1. The van der Waals surface area contributed by atoms with Crippen molar-refractivity contribution in [2.75, 3.05) is 42.4 Å². The Morgan fingerprint density at radius 1 is 1.21 bits per heavy atom. The van der Waals surface area contributed by atoms with Crippen molar-refractivity contribution in [1.82, 2.24) is 15.0 Å². The number of ether oxygens (including phenoxy) is 2. The van der Waals surface area contributed by atoms with Crippen LogP contribution in [0.2, 0.25) is 0 Å². The third-order valence-electron chi connectivity index (χ3n) is 6.44. The monoisotopic (exact) mass is 538 g/mol. The lowest BCUT2D eigenvalue weighted by atomic mass is 9.98. The zero-order valence-corrected chi connectivity index (χ0v) is 21.9. The third-order valence-corrected chi connectivity index (χ3v) is 8.09. The van der Waals surface area contributed by atoms with Gasteiger partial charge in [-0.3, -0.25) is 0 Å². The number of hydrogen-bond acceptors (Lipinski definition) is 10. The Hall–Kier alpha value is -4.19. The first-order valence-electron chi connectivity index (χ1n) is 12.0. The van der Waals surface area contributed by atoms with Gasteiger partial charge in [0.05, 0.1) is 29.8 Å². The smallest absolute Gasteiger partial charge is 0.237 e. The van der Waals surface area contributed by atoms with Crippen molar-refractivity contribution >= 4 is 43.8 Å². The van der Waals surface area contributed by atoms with Crippen molar-refractivity contribution in [3.05, 3.63) is 53.6 Å². The van der Waals surface area contributed by atoms with E-state index in [9.17, 15) is 8.42 Å². The molecule has 0 aliphatic carbocycles. The molecule has 0 fully saturated rings. The molecular weight excluding hydrogens is 511 g/mol. The number of pyridine rings is 1. The molecule has 1 aliphatic rings. The number of hydrogen-bond donors (Lipinski definition) is 3. The molecule has 0 radical (unpaired) electrons. The maximum atomic E-state index is 15.4. The minimum absolute atomic E-state index is 0.0529. The Morgan fingerprint density at radius 3 is 2.79 bits per heavy atom. The summed E-state index contributed by atoms with van der Waals surface area (Å²) < 4.78 is 50.5. The second-order valence-electron chi connectivity index (χ2n) is 8.87. The number of fused-ring (bicyclic) bond motifs is 2. The number of aromatic nitrogens is 3. The average molecular weight is 539 g/mol. The van der Waals surface area contributed by atoms with Gasteiger partial charge in [-0.1, -0.05) is 13.0 Å². The van der Waals surface area contributed by atoms with Crippen molar-refractivity contribution in [3.8, 4) is 22.8 Å². The van der Waals surface area contributed by atoms with Gasteiger partial charge in [0.1, 0.15) is 18.0 Å². The zero-order chi connectivity index (χ0) is 27.0. The molecule has 0 unspecified atom stereocenters. The average Bonchev–Trinajstić information content (AvgIpc) is 2.92. The number of halogens is 1.